The van der Waals surface area contributed by atoms with Gasteiger partial charge in [0.15, 0.2) is 11.6 Å². The summed E-state index contributed by atoms with van der Waals surface area (Å²) in [7, 11) is 3.34. The lowest BCUT2D eigenvalue weighted by Crippen LogP contribution is -2.30. The van der Waals surface area contributed by atoms with Crippen LogP contribution in [0.1, 0.15) is 12.8 Å². The van der Waals surface area contributed by atoms with Crippen LogP contribution < -0.4 is 20.7 Å². The molecule has 1 heterocycles. The van der Waals surface area contributed by atoms with Crippen molar-refractivity contribution in [2.24, 2.45) is 5.92 Å². The molecule has 0 saturated heterocycles. The summed E-state index contributed by atoms with van der Waals surface area (Å²) in [5.74, 6) is 2.19. The molecule has 1 aromatic rings. The van der Waals surface area contributed by atoms with Crippen molar-refractivity contribution in [1.29, 1.82) is 0 Å². The number of carbonyl (C=O) groups is 1. The highest BCUT2D eigenvalue weighted by atomic mass is 16.5. The predicted octanol–water partition coefficient (Wildman–Crippen LogP) is 0.465. The lowest BCUT2D eigenvalue weighted by atomic mass is 10.4. The molecule has 0 aromatic carbocycles. The smallest absolute Gasteiger partial charge is 0.223 e. The lowest BCUT2D eigenvalue weighted by molar-refractivity contribution is -0.122. The molecule has 1 aliphatic carbocycles. The molecule has 0 bridgehead atoms. The fourth-order valence-corrected chi connectivity index (χ4v) is 1.73. The zero-order chi connectivity index (χ0) is 13.7. The van der Waals surface area contributed by atoms with Gasteiger partial charge in [-0.1, -0.05) is 0 Å². The second-order valence-electron chi connectivity index (χ2n) is 4.35. The molecule has 1 fully saturated rings. The van der Waals surface area contributed by atoms with Crippen LogP contribution in [0, 0.1) is 5.92 Å². The first-order valence-corrected chi connectivity index (χ1v) is 6.34. The second kappa shape index (κ2) is 6.21. The molecule has 7 heteroatoms. The maximum absolute atomic E-state index is 11.4. The number of hydrogen-bond donors (Lipinski definition) is 3. The van der Waals surface area contributed by atoms with Gasteiger partial charge in [-0.2, -0.15) is 0 Å². The Kier molecular flexibility index (Phi) is 4.38. The molecule has 1 aliphatic rings. The summed E-state index contributed by atoms with van der Waals surface area (Å²) in [5, 5.41) is 8.94. The van der Waals surface area contributed by atoms with Crippen LogP contribution in [0.15, 0.2) is 6.33 Å². The van der Waals surface area contributed by atoms with E-state index >= 15 is 0 Å². The molecular formula is C12H19N5O2. The molecule has 104 valence electrons. The highest BCUT2D eigenvalue weighted by Gasteiger charge is 2.28. The number of anilines is 2. The number of nitrogens with zero attached hydrogens (tertiary/aromatic N) is 2. The Bertz CT molecular complexity index is 448. The van der Waals surface area contributed by atoms with Crippen molar-refractivity contribution in [3.05, 3.63) is 6.33 Å². The Morgan fingerprint density at radius 2 is 2.11 bits per heavy atom. The van der Waals surface area contributed by atoms with E-state index in [0.717, 1.165) is 12.8 Å². The minimum Gasteiger partial charge on any atom is -0.490 e. The van der Waals surface area contributed by atoms with Gasteiger partial charge in [-0.15, -0.1) is 0 Å². The summed E-state index contributed by atoms with van der Waals surface area (Å²) in [4.78, 5) is 19.6. The minimum atomic E-state index is 0.146. The standard InChI is InChI=1S/C12H19N5O2/c1-13-10-9(19-2)11(17-7-16-10)14-5-6-15-12(18)8-3-4-8/h7-8H,3-6H2,1-2H3,(H,15,18)(H2,13,14,16,17). The number of hydrogen-bond acceptors (Lipinski definition) is 6. The van der Waals surface area contributed by atoms with Crippen LogP contribution in [0.5, 0.6) is 5.75 Å². The molecule has 0 atom stereocenters. The van der Waals surface area contributed by atoms with E-state index in [0.29, 0.717) is 30.5 Å². The third kappa shape index (κ3) is 3.46. The van der Waals surface area contributed by atoms with Crippen molar-refractivity contribution >= 4 is 17.5 Å². The molecule has 0 aliphatic heterocycles. The van der Waals surface area contributed by atoms with Crippen LogP contribution in [0.2, 0.25) is 0 Å². The van der Waals surface area contributed by atoms with Crippen LogP contribution in [0.4, 0.5) is 11.6 Å². The van der Waals surface area contributed by atoms with E-state index in [-0.39, 0.29) is 11.8 Å². The zero-order valence-corrected chi connectivity index (χ0v) is 11.2. The Labute approximate surface area is 112 Å². The van der Waals surface area contributed by atoms with E-state index in [1.165, 1.54) is 6.33 Å². The highest BCUT2D eigenvalue weighted by molar-refractivity contribution is 5.80. The summed E-state index contributed by atoms with van der Waals surface area (Å²) >= 11 is 0. The molecule has 7 nitrogen and oxygen atoms in total. The minimum absolute atomic E-state index is 0.146. The van der Waals surface area contributed by atoms with E-state index < -0.39 is 0 Å². The SMILES string of the molecule is CNc1ncnc(NCCNC(=O)C2CC2)c1OC. The molecule has 1 amide bonds. The van der Waals surface area contributed by atoms with Crippen molar-refractivity contribution in [3.8, 4) is 5.75 Å². The number of aromatic nitrogens is 2. The van der Waals surface area contributed by atoms with E-state index in [9.17, 15) is 4.79 Å². The Morgan fingerprint density at radius 1 is 1.37 bits per heavy atom. The number of amides is 1. The molecule has 0 unspecified atom stereocenters. The van der Waals surface area contributed by atoms with Crippen molar-refractivity contribution in [2.45, 2.75) is 12.8 Å². The fourth-order valence-electron chi connectivity index (χ4n) is 1.73. The number of rotatable bonds is 7. The van der Waals surface area contributed by atoms with Gasteiger partial charge in [0.25, 0.3) is 0 Å². The number of carbonyl (C=O) groups excluding carboxylic acids is 1. The van der Waals surface area contributed by atoms with Gasteiger partial charge in [-0.3, -0.25) is 4.79 Å². The van der Waals surface area contributed by atoms with Crippen LogP contribution in [0.3, 0.4) is 0 Å². The first kappa shape index (κ1) is 13.4. The van der Waals surface area contributed by atoms with Crippen molar-refractivity contribution < 1.29 is 9.53 Å². The third-order valence-electron chi connectivity index (χ3n) is 2.91. The molecule has 1 saturated carbocycles. The average molecular weight is 265 g/mol. The first-order valence-electron chi connectivity index (χ1n) is 6.34. The van der Waals surface area contributed by atoms with E-state index in [1.807, 2.05) is 0 Å². The monoisotopic (exact) mass is 265 g/mol. The lowest BCUT2D eigenvalue weighted by Gasteiger charge is -2.12. The van der Waals surface area contributed by atoms with Gasteiger partial charge in [0, 0.05) is 26.1 Å². The molecule has 0 spiro atoms. The van der Waals surface area contributed by atoms with Gasteiger partial charge in [0.1, 0.15) is 6.33 Å². The van der Waals surface area contributed by atoms with Gasteiger partial charge in [-0.05, 0) is 12.8 Å². The quantitative estimate of drug-likeness (QED) is 0.621. The molecule has 1 aromatic heterocycles. The number of methoxy groups -OCH3 is 1. The van der Waals surface area contributed by atoms with E-state index in [4.69, 9.17) is 4.74 Å². The molecule has 0 radical (unpaired) electrons. The normalized spacial score (nSPS) is 13.8. The summed E-state index contributed by atoms with van der Waals surface area (Å²) in [6.45, 7) is 1.16. The Balaban J connectivity index is 1.83. The summed E-state index contributed by atoms with van der Waals surface area (Å²) in [5.41, 5.74) is 0. The van der Waals surface area contributed by atoms with Gasteiger partial charge in [0.05, 0.1) is 7.11 Å². The van der Waals surface area contributed by atoms with E-state index in [1.54, 1.807) is 14.2 Å². The Hall–Kier alpha value is -2.05. The maximum Gasteiger partial charge on any atom is 0.223 e. The van der Waals surface area contributed by atoms with Crippen LogP contribution in [0.25, 0.3) is 0 Å². The van der Waals surface area contributed by atoms with Crippen molar-refractivity contribution in [2.75, 3.05) is 37.9 Å². The second-order valence-corrected chi connectivity index (χ2v) is 4.35. The Morgan fingerprint density at radius 3 is 2.74 bits per heavy atom. The highest BCUT2D eigenvalue weighted by Crippen LogP contribution is 2.29. The van der Waals surface area contributed by atoms with Gasteiger partial charge in [0.2, 0.25) is 11.7 Å². The zero-order valence-electron chi connectivity index (χ0n) is 11.2. The van der Waals surface area contributed by atoms with Gasteiger partial charge >= 0.3 is 0 Å². The molecule has 3 N–H and O–H groups in total. The summed E-state index contributed by atoms with van der Waals surface area (Å²) < 4.78 is 5.26. The largest absolute Gasteiger partial charge is 0.490 e. The summed E-state index contributed by atoms with van der Waals surface area (Å²) in [6.07, 6.45) is 3.49. The molecule has 2 rings (SSSR count). The first-order chi connectivity index (χ1) is 9.26. The van der Waals surface area contributed by atoms with E-state index in [2.05, 4.69) is 25.9 Å². The summed E-state index contributed by atoms with van der Waals surface area (Å²) in [6, 6.07) is 0. The number of nitrogens with one attached hydrogen (secondary N) is 3. The topological polar surface area (TPSA) is 88.2 Å². The van der Waals surface area contributed by atoms with Gasteiger partial charge in [-0.25, -0.2) is 9.97 Å². The van der Waals surface area contributed by atoms with Gasteiger partial charge < -0.3 is 20.7 Å². The molecular weight excluding hydrogens is 246 g/mol. The number of ether oxygens (including phenoxy) is 1. The predicted molar refractivity (Wildman–Crippen MR) is 72.4 cm³/mol. The van der Waals surface area contributed by atoms with Crippen LogP contribution >= 0.6 is 0 Å². The average Bonchev–Trinajstić information content (AvgIpc) is 3.27. The van der Waals surface area contributed by atoms with Crippen LogP contribution in [-0.4, -0.2) is 43.1 Å². The maximum atomic E-state index is 11.4. The molecule has 19 heavy (non-hydrogen) atoms. The van der Waals surface area contributed by atoms with Crippen molar-refractivity contribution in [3.63, 3.8) is 0 Å². The van der Waals surface area contributed by atoms with Crippen LogP contribution in [-0.2, 0) is 4.79 Å². The fraction of sp³-hybridized carbons (Fsp3) is 0.583. The van der Waals surface area contributed by atoms with Crippen molar-refractivity contribution in [1.82, 2.24) is 15.3 Å². The third-order valence-corrected chi connectivity index (χ3v) is 2.91.